The monoisotopic (exact) mass is 396 g/mol. The van der Waals surface area contributed by atoms with E-state index in [4.69, 9.17) is 16.3 Å². The second-order valence-corrected chi connectivity index (χ2v) is 6.69. The Morgan fingerprint density at radius 3 is 2.70 bits per heavy atom. The number of hydrogen-bond acceptors (Lipinski definition) is 6. The van der Waals surface area contributed by atoms with E-state index in [-0.39, 0.29) is 38.6 Å². The van der Waals surface area contributed by atoms with Crippen LogP contribution in [-0.4, -0.2) is 52.4 Å². The van der Waals surface area contributed by atoms with E-state index in [1.54, 1.807) is 0 Å². The molecule has 0 saturated carbocycles. The highest BCUT2D eigenvalue weighted by atomic mass is 35.5. The molecule has 144 valence electrons. The highest BCUT2D eigenvalue weighted by molar-refractivity contribution is 6.30. The average molecular weight is 397 g/mol. The summed E-state index contributed by atoms with van der Waals surface area (Å²) in [5, 5.41) is 3.13. The minimum Gasteiger partial charge on any atom is -0.460 e. The summed E-state index contributed by atoms with van der Waals surface area (Å²) in [4.78, 5) is 21.4. The number of halogens is 3. The van der Waals surface area contributed by atoms with Crippen molar-refractivity contribution in [2.24, 2.45) is 0 Å². The zero-order valence-corrected chi connectivity index (χ0v) is 15.2. The largest absolute Gasteiger partial charge is 0.460 e. The predicted molar refractivity (Wildman–Crippen MR) is 96.7 cm³/mol. The summed E-state index contributed by atoms with van der Waals surface area (Å²) in [7, 11) is 0. The van der Waals surface area contributed by atoms with Gasteiger partial charge < -0.3 is 10.1 Å². The van der Waals surface area contributed by atoms with Crippen LogP contribution in [-0.2, 0) is 16.1 Å². The van der Waals surface area contributed by atoms with Gasteiger partial charge in [0.2, 0.25) is 5.95 Å². The molecular formula is C18H19ClF2N4O2. The molecule has 3 rings (SSSR count). The Morgan fingerprint density at radius 2 is 2.00 bits per heavy atom. The minimum atomic E-state index is -2.92. The lowest BCUT2D eigenvalue weighted by atomic mass is 10.1. The molecule has 0 radical (unpaired) electrons. The van der Waals surface area contributed by atoms with Crippen LogP contribution in [0.4, 0.5) is 14.7 Å². The maximum atomic E-state index is 14.2. The van der Waals surface area contributed by atoms with E-state index in [0.29, 0.717) is 5.02 Å². The Balaban J connectivity index is 1.54. The quantitative estimate of drug-likeness (QED) is 0.726. The van der Waals surface area contributed by atoms with Crippen molar-refractivity contribution in [2.45, 2.75) is 25.0 Å². The summed E-state index contributed by atoms with van der Waals surface area (Å²) in [6.45, 7) is -0.0659. The number of aromatic nitrogens is 2. The Morgan fingerprint density at radius 1 is 1.30 bits per heavy atom. The second kappa shape index (κ2) is 8.58. The van der Waals surface area contributed by atoms with E-state index < -0.39 is 17.9 Å². The molecule has 0 aliphatic carbocycles. The maximum absolute atomic E-state index is 14.2. The van der Waals surface area contributed by atoms with Crippen molar-refractivity contribution in [3.05, 3.63) is 53.3 Å². The minimum absolute atomic E-state index is 0.0966. The number of anilines is 1. The van der Waals surface area contributed by atoms with Gasteiger partial charge in [-0.05, 0) is 5.56 Å². The molecule has 2 aromatic rings. The number of ether oxygens (including phenoxy) is 1. The zero-order chi connectivity index (χ0) is 19.3. The summed E-state index contributed by atoms with van der Waals surface area (Å²) in [5.74, 6) is -3.25. The average Bonchev–Trinajstić information content (AvgIpc) is 2.94. The van der Waals surface area contributed by atoms with Gasteiger partial charge >= 0.3 is 5.97 Å². The second-order valence-electron chi connectivity index (χ2n) is 6.25. The van der Waals surface area contributed by atoms with Crippen molar-refractivity contribution < 1.29 is 18.3 Å². The van der Waals surface area contributed by atoms with Crippen molar-refractivity contribution in [3.8, 4) is 0 Å². The lowest BCUT2D eigenvalue weighted by Crippen LogP contribution is -2.46. The first kappa shape index (κ1) is 19.4. The van der Waals surface area contributed by atoms with Crippen molar-refractivity contribution in [1.82, 2.24) is 14.9 Å². The van der Waals surface area contributed by atoms with Gasteiger partial charge in [0.05, 0.1) is 30.0 Å². The van der Waals surface area contributed by atoms with Crippen LogP contribution in [0.15, 0.2) is 42.7 Å². The Hall–Kier alpha value is -2.32. The summed E-state index contributed by atoms with van der Waals surface area (Å²) < 4.78 is 33.7. The van der Waals surface area contributed by atoms with Gasteiger partial charge in [0.1, 0.15) is 6.61 Å². The van der Waals surface area contributed by atoms with Gasteiger partial charge in [-0.1, -0.05) is 41.9 Å². The molecule has 9 heteroatoms. The van der Waals surface area contributed by atoms with Crippen LogP contribution in [0.25, 0.3) is 0 Å². The van der Waals surface area contributed by atoms with Gasteiger partial charge in [-0.2, -0.15) is 0 Å². The van der Waals surface area contributed by atoms with Crippen LogP contribution < -0.4 is 5.32 Å². The summed E-state index contributed by atoms with van der Waals surface area (Å²) in [6.07, 6.45) is 2.44. The first-order chi connectivity index (χ1) is 12.9. The van der Waals surface area contributed by atoms with Gasteiger partial charge in [-0.25, -0.2) is 18.7 Å². The van der Waals surface area contributed by atoms with E-state index in [2.05, 4.69) is 15.3 Å². The number of carbonyl (C=O) groups excluding carboxylic acids is 1. The summed E-state index contributed by atoms with van der Waals surface area (Å²) in [5.41, 5.74) is 0.843. The molecule has 2 heterocycles. The molecule has 1 atom stereocenters. The number of nitrogens with one attached hydrogen (secondary N) is 1. The molecule has 1 fully saturated rings. The van der Waals surface area contributed by atoms with E-state index >= 15 is 0 Å². The molecule has 0 spiro atoms. The van der Waals surface area contributed by atoms with E-state index in [0.717, 1.165) is 5.56 Å². The fourth-order valence-electron chi connectivity index (χ4n) is 2.89. The van der Waals surface area contributed by atoms with Gasteiger partial charge in [-0.3, -0.25) is 9.69 Å². The first-order valence-electron chi connectivity index (χ1n) is 8.47. The molecule has 1 aliphatic heterocycles. The number of benzene rings is 1. The molecular weight excluding hydrogens is 378 g/mol. The van der Waals surface area contributed by atoms with Crippen LogP contribution in [0.1, 0.15) is 12.0 Å². The van der Waals surface area contributed by atoms with E-state index in [9.17, 15) is 13.6 Å². The van der Waals surface area contributed by atoms with Crippen LogP contribution in [0, 0.1) is 0 Å². The molecule has 1 saturated heterocycles. The topological polar surface area (TPSA) is 67.4 Å². The zero-order valence-electron chi connectivity index (χ0n) is 14.4. The van der Waals surface area contributed by atoms with Gasteiger partial charge in [-0.15, -0.1) is 0 Å². The molecule has 1 unspecified atom stereocenters. The Bertz CT molecular complexity index is 762. The molecule has 27 heavy (non-hydrogen) atoms. The van der Waals surface area contributed by atoms with Crippen molar-refractivity contribution >= 4 is 23.5 Å². The number of hydrogen-bond donors (Lipinski definition) is 1. The number of nitrogens with zero attached hydrogens (tertiary/aromatic N) is 3. The predicted octanol–water partition coefficient (Wildman–Crippen LogP) is 2.99. The third-order valence-corrected chi connectivity index (χ3v) is 4.50. The molecule has 0 amide bonds. The van der Waals surface area contributed by atoms with E-state index in [1.807, 2.05) is 30.3 Å². The fourth-order valence-corrected chi connectivity index (χ4v) is 2.99. The third-order valence-electron chi connectivity index (χ3n) is 4.31. The standard InChI is InChI=1S/C18H19ClF2N4O2/c19-14-8-22-17(23-9-14)24-10-15-18(20,21)6-7-25(15)11-16(26)27-12-13-4-2-1-3-5-13/h1-5,8-9,15H,6-7,10-12H2,(H,22,23,24). The number of alkyl halides is 2. The summed E-state index contributed by atoms with van der Waals surface area (Å²) in [6, 6.07) is 8.04. The maximum Gasteiger partial charge on any atom is 0.320 e. The highest BCUT2D eigenvalue weighted by Crippen LogP contribution is 2.33. The normalized spacial score (nSPS) is 19.0. The van der Waals surface area contributed by atoms with Crippen LogP contribution in [0.5, 0.6) is 0 Å². The SMILES string of the molecule is O=C(CN1CCC(F)(F)C1CNc1ncc(Cl)cn1)OCc1ccccc1. The van der Waals surface area contributed by atoms with Crippen molar-refractivity contribution in [3.63, 3.8) is 0 Å². The molecule has 1 aromatic heterocycles. The molecule has 0 bridgehead atoms. The fraction of sp³-hybridized carbons (Fsp3) is 0.389. The molecule has 1 aromatic carbocycles. The highest BCUT2D eigenvalue weighted by Gasteiger charge is 2.49. The number of likely N-dealkylation sites (tertiary alicyclic amines) is 1. The van der Waals surface area contributed by atoms with Gasteiger partial charge in [0.15, 0.2) is 0 Å². The lowest BCUT2D eigenvalue weighted by molar-refractivity contribution is -0.147. The van der Waals surface area contributed by atoms with Crippen molar-refractivity contribution in [2.75, 3.05) is 25.0 Å². The van der Waals surface area contributed by atoms with Gasteiger partial charge in [0, 0.05) is 19.5 Å². The van der Waals surface area contributed by atoms with Crippen LogP contribution in [0.3, 0.4) is 0 Å². The first-order valence-corrected chi connectivity index (χ1v) is 8.85. The molecule has 1 aliphatic rings. The third kappa shape index (κ3) is 5.33. The van der Waals surface area contributed by atoms with Crippen LogP contribution in [0.2, 0.25) is 5.02 Å². The number of carbonyl (C=O) groups is 1. The number of rotatable bonds is 7. The van der Waals surface area contributed by atoms with Crippen molar-refractivity contribution in [1.29, 1.82) is 0 Å². The Labute approximate surface area is 160 Å². The smallest absolute Gasteiger partial charge is 0.320 e. The number of esters is 1. The summed E-state index contributed by atoms with van der Waals surface area (Å²) >= 11 is 5.71. The molecule has 1 N–H and O–H groups in total. The van der Waals surface area contributed by atoms with E-state index in [1.165, 1.54) is 17.3 Å². The molecule has 6 nitrogen and oxygen atoms in total. The van der Waals surface area contributed by atoms with Gasteiger partial charge in [0.25, 0.3) is 5.92 Å². The van der Waals surface area contributed by atoms with Crippen LogP contribution >= 0.6 is 11.6 Å². The lowest BCUT2D eigenvalue weighted by Gasteiger charge is -2.27. The Kier molecular flexibility index (Phi) is 6.18.